The average Bonchev–Trinajstić information content (AvgIpc) is 1.01. The third-order valence-electron chi connectivity index (χ3n) is 14.3. The number of unbranched alkanes of at least 4 members (excludes halogenated alkanes) is 7. The zero-order valence-corrected chi connectivity index (χ0v) is 57.8. The Morgan fingerprint density at radius 3 is 1.53 bits per heavy atom. The Hall–Kier alpha value is -7.87. The van der Waals surface area contributed by atoms with E-state index in [2.05, 4.69) is 37.2 Å². The largest absolute Gasteiger partial charge is 0.506 e. The second-order valence-electron chi connectivity index (χ2n) is 25.4. The molecule has 25 heteroatoms. The van der Waals surface area contributed by atoms with E-state index in [1.807, 2.05) is 48.5 Å². The predicted molar refractivity (Wildman–Crippen MR) is 362 cm³/mol. The van der Waals surface area contributed by atoms with Crippen molar-refractivity contribution in [3.05, 3.63) is 95.6 Å². The molecule has 0 aliphatic heterocycles. The van der Waals surface area contributed by atoms with E-state index in [1.54, 1.807) is 72.7 Å². The van der Waals surface area contributed by atoms with Gasteiger partial charge < -0.3 is 80.2 Å². The molecule has 0 aliphatic carbocycles. The van der Waals surface area contributed by atoms with Crippen molar-refractivity contribution in [3.8, 4) is 5.75 Å². The first kappa shape index (κ1) is 82.4. The first-order valence-electron chi connectivity index (χ1n) is 33.8. The third kappa shape index (κ3) is 43.3. The van der Waals surface area contributed by atoms with Crippen molar-refractivity contribution in [3.63, 3.8) is 0 Å². The first-order valence-corrected chi connectivity index (χ1v) is 33.8. The van der Waals surface area contributed by atoms with Crippen LogP contribution in [0.15, 0.2) is 78.9 Å². The van der Waals surface area contributed by atoms with Gasteiger partial charge in [-0.3, -0.25) is 33.6 Å². The summed E-state index contributed by atoms with van der Waals surface area (Å²) in [5.41, 5.74) is 1.05. The smallest absolute Gasteiger partial charge is 0.408 e. The quantitative estimate of drug-likeness (QED) is 0.0113. The normalized spacial score (nSPS) is 12.2. The monoisotopic (exact) mass is 1350 g/mol. The average molecular weight is 1350 g/mol. The van der Waals surface area contributed by atoms with Gasteiger partial charge in [-0.05, 0) is 122 Å². The molecule has 0 saturated heterocycles. The Morgan fingerprint density at radius 1 is 0.458 bits per heavy atom. The molecule has 3 atom stereocenters. The van der Waals surface area contributed by atoms with Gasteiger partial charge in [-0.25, -0.2) is 9.59 Å². The van der Waals surface area contributed by atoms with Gasteiger partial charge in [0.05, 0.1) is 64.5 Å². The van der Waals surface area contributed by atoms with Crippen molar-refractivity contribution in [1.82, 2.24) is 31.9 Å². The molecule has 0 aliphatic rings. The lowest BCUT2D eigenvalue weighted by molar-refractivity contribution is -0.160. The number of carbonyl (C=O) groups is 9. The molecule has 3 rings (SSSR count). The molecular formula is C71H109N7O18. The predicted octanol–water partition coefficient (Wildman–Crippen LogP) is 8.95. The third-order valence-corrected chi connectivity index (χ3v) is 14.3. The summed E-state index contributed by atoms with van der Waals surface area (Å²) in [4.78, 5) is 114. The van der Waals surface area contributed by atoms with Gasteiger partial charge in [-0.15, -0.1) is 0 Å². The Kier molecular flexibility index (Phi) is 41.8. The van der Waals surface area contributed by atoms with Crippen molar-refractivity contribution in [2.45, 2.75) is 201 Å². The van der Waals surface area contributed by atoms with Gasteiger partial charge >= 0.3 is 24.1 Å². The highest BCUT2D eigenvalue weighted by Gasteiger charge is 2.28. The molecule has 0 spiro atoms. The molecule has 0 saturated carbocycles. The van der Waals surface area contributed by atoms with E-state index in [0.717, 1.165) is 56.1 Å². The second kappa shape index (κ2) is 48.8. The summed E-state index contributed by atoms with van der Waals surface area (Å²) in [5, 5.41) is 30.1. The van der Waals surface area contributed by atoms with Crippen LogP contribution in [0.4, 0.5) is 15.3 Å². The van der Waals surface area contributed by atoms with Crippen LogP contribution in [-0.4, -0.2) is 161 Å². The molecule has 7 amide bonds. The van der Waals surface area contributed by atoms with Crippen LogP contribution in [0, 0.1) is 5.92 Å². The fraction of sp³-hybridized carbons (Fsp3) is 0.620. The number of ether oxygens (including phenoxy) is 8. The standard InChI is InChI=1S/C71H109N7O18/c1-53(67(86)95-70(2,3)4)48-57(76-69(88)96-71(5,6)7)49-56-32-33-60(79)59(50-56)77-64(83)30-23-37-75-66(85)58(78-68(87)94-52-55-26-17-14-18-27-55)28-21-22-36-72-62(81)34-40-89-44-47-92-43-39-74-63(82)35-41-90-45-46-91-42-38-73-61(80)29-19-11-9-8-10-12-20-31-65(84)93-51-54-24-15-13-16-25-54/h13-18,24-27,32-33,50,53,57-58,79H,8-12,19-23,28-31,34-49,51-52H2,1-7H3,(H,72,81)(H,73,80)(H,74,82)(H,75,85)(H,76,88)(H,77,83)(H,78,87)/t53-,57+,58-/m0/s1. The Balaban J connectivity index is 1.22. The number of phenols is 1. The van der Waals surface area contributed by atoms with Crippen molar-refractivity contribution in [1.29, 1.82) is 0 Å². The summed E-state index contributed by atoms with van der Waals surface area (Å²) in [5.74, 6) is -2.69. The Morgan fingerprint density at radius 2 is 0.958 bits per heavy atom. The van der Waals surface area contributed by atoms with Gasteiger partial charge in [0.15, 0.2) is 0 Å². The van der Waals surface area contributed by atoms with Crippen LogP contribution in [0.5, 0.6) is 5.75 Å². The van der Waals surface area contributed by atoms with Crippen molar-refractivity contribution in [2.75, 3.05) is 84.4 Å². The fourth-order valence-corrected chi connectivity index (χ4v) is 9.37. The molecule has 8 N–H and O–H groups in total. The highest BCUT2D eigenvalue weighted by molar-refractivity contribution is 5.92. The van der Waals surface area contributed by atoms with Crippen LogP contribution in [0.1, 0.15) is 174 Å². The number of esters is 2. The van der Waals surface area contributed by atoms with E-state index < -0.39 is 59.2 Å². The number of benzene rings is 3. The number of nitrogens with one attached hydrogen (secondary N) is 7. The second-order valence-corrected chi connectivity index (χ2v) is 25.4. The first-order chi connectivity index (χ1) is 45.9. The van der Waals surface area contributed by atoms with Gasteiger partial charge in [0.2, 0.25) is 29.5 Å². The van der Waals surface area contributed by atoms with Crippen molar-refractivity contribution < 1.29 is 86.2 Å². The number of anilines is 1. The van der Waals surface area contributed by atoms with E-state index in [0.29, 0.717) is 77.3 Å². The number of carbonyl (C=O) groups excluding carboxylic acids is 9. The van der Waals surface area contributed by atoms with Gasteiger partial charge in [0.1, 0.15) is 36.2 Å². The van der Waals surface area contributed by atoms with E-state index in [4.69, 9.17) is 37.9 Å². The lowest BCUT2D eigenvalue weighted by atomic mass is 9.95. The summed E-state index contributed by atoms with van der Waals surface area (Å²) in [7, 11) is 0. The molecular weight excluding hydrogens is 1240 g/mol. The molecule has 96 heavy (non-hydrogen) atoms. The minimum Gasteiger partial charge on any atom is -0.506 e. The molecule has 0 heterocycles. The number of hydrogen-bond donors (Lipinski definition) is 8. The van der Waals surface area contributed by atoms with Crippen LogP contribution in [0.25, 0.3) is 0 Å². The molecule has 536 valence electrons. The van der Waals surface area contributed by atoms with Crippen LogP contribution >= 0.6 is 0 Å². The van der Waals surface area contributed by atoms with E-state index in [9.17, 15) is 48.3 Å². The lowest BCUT2D eigenvalue weighted by Crippen LogP contribution is -2.47. The van der Waals surface area contributed by atoms with Gasteiger partial charge in [0.25, 0.3) is 0 Å². The zero-order chi connectivity index (χ0) is 70.2. The molecule has 0 aromatic heterocycles. The van der Waals surface area contributed by atoms with Gasteiger partial charge in [-0.1, -0.05) is 106 Å². The molecule has 0 fully saturated rings. The van der Waals surface area contributed by atoms with E-state index in [-0.39, 0.29) is 126 Å². The zero-order valence-electron chi connectivity index (χ0n) is 57.8. The SMILES string of the molecule is C[C@@H](C[C@H](Cc1ccc(O)c(NC(=O)CCCNC(=O)[C@H](CCCCNC(=O)CCOCCOCCNC(=O)CCOCCOCCNC(=O)CCCCCCCCCC(=O)OCc2ccccc2)NC(=O)OCc2ccccc2)c1)NC(=O)OC(C)(C)C)C(=O)OC(C)(C)C. The summed E-state index contributed by atoms with van der Waals surface area (Å²) < 4.78 is 43.8. The maximum Gasteiger partial charge on any atom is 0.408 e. The van der Waals surface area contributed by atoms with Crippen molar-refractivity contribution >= 4 is 59.3 Å². The molecule has 3 aromatic carbocycles. The summed E-state index contributed by atoms with van der Waals surface area (Å²) in [6, 6.07) is 21.8. The number of amides is 7. The minimum atomic E-state index is -0.985. The maximum atomic E-state index is 13.5. The summed E-state index contributed by atoms with van der Waals surface area (Å²) in [6.45, 7) is 15.9. The number of alkyl carbamates (subject to hydrolysis) is 2. The van der Waals surface area contributed by atoms with Gasteiger partial charge in [-0.2, -0.15) is 0 Å². The summed E-state index contributed by atoms with van der Waals surface area (Å²) >= 11 is 0. The molecule has 3 aromatic rings. The minimum absolute atomic E-state index is 0.00104. The Labute approximate surface area is 567 Å². The number of phenolic OH excluding ortho intramolecular Hbond substituents is 1. The maximum absolute atomic E-state index is 13.5. The highest BCUT2D eigenvalue weighted by atomic mass is 16.6. The van der Waals surface area contributed by atoms with E-state index in [1.165, 1.54) is 6.07 Å². The van der Waals surface area contributed by atoms with Crippen LogP contribution < -0.4 is 37.2 Å². The van der Waals surface area contributed by atoms with Crippen molar-refractivity contribution in [2.24, 2.45) is 5.92 Å². The Bertz CT molecular complexity index is 2740. The topological polar surface area (TPSA) is 332 Å². The number of aromatic hydroxyl groups is 1. The van der Waals surface area contributed by atoms with Crippen LogP contribution in [0.2, 0.25) is 0 Å². The number of hydrogen-bond acceptors (Lipinski definition) is 18. The van der Waals surface area contributed by atoms with Crippen LogP contribution in [0.3, 0.4) is 0 Å². The molecule has 0 unspecified atom stereocenters. The fourth-order valence-electron chi connectivity index (χ4n) is 9.37. The molecule has 25 nitrogen and oxygen atoms in total. The highest BCUT2D eigenvalue weighted by Crippen LogP contribution is 2.27. The van der Waals surface area contributed by atoms with Gasteiger partial charge in [0, 0.05) is 64.3 Å². The van der Waals surface area contributed by atoms with E-state index >= 15 is 0 Å². The van der Waals surface area contributed by atoms with Crippen LogP contribution in [-0.2, 0) is 91.1 Å². The number of rotatable bonds is 50. The molecule has 0 bridgehead atoms. The summed E-state index contributed by atoms with van der Waals surface area (Å²) in [6.07, 6.45) is 8.36. The lowest BCUT2D eigenvalue weighted by Gasteiger charge is -2.27. The molecule has 0 radical (unpaired) electrons.